The van der Waals surface area contributed by atoms with E-state index in [1.165, 1.54) is 6.08 Å². The Morgan fingerprint density at radius 3 is 2.48 bits per heavy atom. The van der Waals surface area contributed by atoms with Crippen LogP contribution in [0.25, 0.3) is 6.08 Å². The molecule has 21 heavy (non-hydrogen) atoms. The quantitative estimate of drug-likeness (QED) is 0.802. The first kappa shape index (κ1) is 14.2. The van der Waals surface area contributed by atoms with Gasteiger partial charge in [0.25, 0.3) is 0 Å². The molecule has 0 aliphatic rings. The lowest BCUT2D eigenvalue weighted by Crippen LogP contribution is -2.09. The van der Waals surface area contributed by atoms with Gasteiger partial charge < -0.3 is 0 Å². The molecule has 4 heteroatoms. The minimum atomic E-state index is -0.902. The fourth-order valence-corrected chi connectivity index (χ4v) is 1.77. The van der Waals surface area contributed by atoms with Crippen LogP contribution in [0.4, 0.5) is 0 Å². The van der Waals surface area contributed by atoms with Gasteiger partial charge in [0.15, 0.2) is 11.7 Å². The molecule has 1 aromatic carbocycles. The summed E-state index contributed by atoms with van der Waals surface area (Å²) in [6.45, 7) is 0. The Kier molecular flexibility index (Phi) is 4.58. The van der Waals surface area contributed by atoms with Crippen molar-refractivity contribution >= 4 is 11.9 Å². The molecule has 1 atom stereocenters. The van der Waals surface area contributed by atoms with Gasteiger partial charge in [0.2, 0.25) is 0 Å². The van der Waals surface area contributed by atoms with E-state index >= 15 is 0 Å². The lowest BCUT2D eigenvalue weighted by molar-refractivity contribution is -0.114. The Morgan fingerprint density at radius 1 is 1.14 bits per heavy atom. The molecule has 0 saturated carbocycles. The van der Waals surface area contributed by atoms with E-state index < -0.39 is 5.92 Å². The highest BCUT2D eigenvalue weighted by atomic mass is 16.1. The number of pyridine rings is 1. The zero-order valence-corrected chi connectivity index (χ0v) is 11.1. The molecular formula is C17H11N3O. The van der Waals surface area contributed by atoms with E-state index in [0.29, 0.717) is 11.3 Å². The fraction of sp³-hybridized carbons (Fsp3) is 0.0588. The Hall–Kier alpha value is -3.24. The molecule has 0 fully saturated rings. The van der Waals surface area contributed by atoms with Crippen molar-refractivity contribution in [3.8, 4) is 12.1 Å². The van der Waals surface area contributed by atoms with Gasteiger partial charge in [-0.15, -0.1) is 0 Å². The number of nitriles is 2. The minimum Gasteiger partial charge on any atom is -0.293 e. The molecule has 0 N–H and O–H groups in total. The molecule has 0 radical (unpaired) electrons. The van der Waals surface area contributed by atoms with Crippen molar-refractivity contribution < 1.29 is 4.79 Å². The van der Waals surface area contributed by atoms with E-state index in [1.54, 1.807) is 54.7 Å². The summed E-state index contributed by atoms with van der Waals surface area (Å²) >= 11 is 0. The van der Waals surface area contributed by atoms with Crippen LogP contribution < -0.4 is 0 Å². The van der Waals surface area contributed by atoms with Gasteiger partial charge in [-0.2, -0.15) is 10.5 Å². The first-order valence-electron chi connectivity index (χ1n) is 6.27. The number of nitrogens with zero attached hydrogens (tertiary/aromatic N) is 3. The maximum Gasteiger partial charge on any atom is 0.178 e. The third kappa shape index (κ3) is 3.62. The normalized spacial score (nSPS) is 11.5. The number of carbonyl (C=O) groups is 1. The summed E-state index contributed by atoms with van der Waals surface area (Å²) in [5.74, 6) is -1.22. The average molecular weight is 273 g/mol. The largest absolute Gasteiger partial charge is 0.293 e. The molecule has 0 saturated heterocycles. The summed E-state index contributed by atoms with van der Waals surface area (Å²) < 4.78 is 0. The van der Waals surface area contributed by atoms with Crippen LogP contribution in [0.3, 0.4) is 0 Å². The molecule has 1 heterocycles. The molecule has 0 spiro atoms. The summed E-state index contributed by atoms with van der Waals surface area (Å²) in [5.41, 5.74) is 1.79. The van der Waals surface area contributed by atoms with E-state index in [9.17, 15) is 4.79 Å². The highest BCUT2D eigenvalue weighted by Crippen LogP contribution is 2.14. The van der Waals surface area contributed by atoms with E-state index in [4.69, 9.17) is 10.5 Å². The van der Waals surface area contributed by atoms with E-state index in [2.05, 4.69) is 4.98 Å². The monoisotopic (exact) mass is 273 g/mol. The lowest BCUT2D eigenvalue weighted by Gasteiger charge is -2.03. The van der Waals surface area contributed by atoms with Crippen LogP contribution in [0, 0.1) is 22.7 Å². The summed E-state index contributed by atoms with van der Waals surface area (Å²) in [7, 11) is 0. The SMILES string of the molecule is N#Cc1ccc(/C=C\C(=O)[C@H](C#N)c2ccccn2)cc1. The number of hydrogen-bond donors (Lipinski definition) is 0. The maximum absolute atomic E-state index is 12.1. The van der Waals surface area contributed by atoms with Crippen LogP contribution >= 0.6 is 0 Å². The molecule has 2 rings (SSSR count). The van der Waals surface area contributed by atoms with Gasteiger partial charge in [-0.3, -0.25) is 9.78 Å². The Morgan fingerprint density at radius 2 is 1.90 bits per heavy atom. The fourth-order valence-electron chi connectivity index (χ4n) is 1.77. The van der Waals surface area contributed by atoms with Crippen molar-refractivity contribution in [2.75, 3.05) is 0 Å². The molecule has 0 aliphatic heterocycles. The van der Waals surface area contributed by atoms with Crippen LogP contribution in [-0.2, 0) is 4.79 Å². The van der Waals surface area contributed by atoms with Crippen LogP contribution in [0.1, 0.15) is 22.7 Å². The zero-order valence-electron chi connectivity index (χ0n) is 11.1. The topological polar surface area (TPSA) is 77.5 Å². The number of aromatic nitrogens is 1. The molecule has 0 bridgehead atoms. The van der Waals surface area contributed by atoms with Gasteiger partial charge in [-0.25, -0.2) is 0 Å². The Balaban J connectivity index is 2.14. The van der Waals surface area contributed by atoms with Crippen molar-refractivity contribution in [3.63, 3.8) is 0 Å². The smallest absolute Gasteiger partial charge is 0.178 e. The van der Waals surface area contributed by atoms with Crippen molar-refractivity contribution in [2.45, 2.75) is 5.92 Å². The van der Waals surface area contributed by atoms with Crippen LogP contribution in [0.2, 0.25) is 0 Å². The first-order chi connectivity index (χ1) is 10.2. The van der Waals surface area contributed by atoms with Gasteiger partial charge in [0, 0.05) is 6.20 Å². The minimum absolute atomic E-state index is 0.319. The van der Waals surface area contributed by atoms with Crippen LogP contribution in [-0.4, -0.2) is 10.8 Å². The van der Waals surface area contributed by atoms with Crippen molar-refractivity contribution in [3.05, 3.63) is 71.6 Å². The third-order valence-electron chi connectivity index (χ3n) is 2.88. The number of hydrogen-bond acceptors (Lipinski definition) is 4. The second-order valence-electron chi connectivity index (χ2n) is 4.29. The predicted molar refractivity (Wildman–Crippen MR) is 77.8 cm³/mol. The van der Waals surface area contributed by atoms with Gasteiger partial charge in [-0.1, -0.05) is 24.3 Å². The van der Waals surface area contributed by atoms with Crippen molar-refractivity contribution in [2.24, 2.45) is 0 Å². The van der Waals surface area contributed by atoms with Gasteiger partial charge in [-0.05, 0) is 35.9 Å². The number of benzene rings is 1. The number of carbonyl (C=O) groups excluding carboxylic acids is 1. The zero-order chi connectivity index (χ0) is 15.1. The standard InChI is InChI=1S/C17H11N3O/c18-11-14-6-4-13(5-7-14)8-9-17(21)15(12-19)16-3-1-2-10-20-16/h1-10,15H/b9-8-/t15-/m1/s1. The highest BCUT2D eigenvalue weighted by molar-refractivity contribution is 6.00. The first-order valence-corrected chi connectivity index (χ1v) is 6.27. The van der Waals surface area contributed by atoms with Crippen LogP contribution in [0.5, 0.6) is 0 Å². The second-order valence-corrected chi connectivity index (χ2v) is 4.29. The predicted octanol–water partition coefficient (Wildman–Crippen LogP) is 2.84. The highest BCUT2D eigenvalue weighted by Gasteiger charge is 2.18. The van der Waals surface area contributed by atoms with Crippen molar-refractivity contribution in [1.29, 1.82) is 10.5 Å². The van der Waals surface area contributed by atoms with E-state index in [0.717, 1.165) is 5.56 Å². The molecule has 4 nitrogen and oxygen atoms in total. The molecule has 100 valence electrons. The Bertz CT molecular complexity index is 734. The number of ketones is 1. The Labute approximate surface area is 122 Å². The number of rotatable bonds is 4. The summed E-state index contributed by atoms with van der Waals surface area (Å²) in [6.07, 6.45) is 4.54. The second kappa shape index (κ2) is 6.79. The summed E-state index contributed by atoms with van der Waals surface area (Å²) in [5, 5.41) is 17.8. The summed E-state index contributed by atoms with van der Waals surface area (Å²) in [6, 6.07) is 15.9. The number of allylic oxidation sites excluding steroid dienone is 1. The third-order valence-corrected chi connectivity index (χ3v) is 2.88. The molecule has 1 aromatic heterocycles. The van der Waals surface area contributed by atoms with E-state index in [-0.39, 0.29) is 5.78 Å². The van der Waals surface area contributed by atoms with Gasteiger partial charge in [0.05, 0.1) is 23.4 Å². The summed E-state index contributed by atoms with van der Waals surface area (Å²) in [4.78, 5) is 16.1. The molecule has 0 unspecified atom stereocenters. The molecule has 0 amide bonds. The molecule has 0 aliphatic carbocycles. The van der Waals surface area contributed by atoms with Gasteiger partial charge >= 0.3 is 0 Å². The average Bonchev–Trinajstić information content (AvgIpc) is 2.55. The van der Waals surface area contributed by atoms with E-state index in [1.807, 2.05) is 12.1 Å². The van der Waals surface area contributed by atoms with Crippen molar-refractivity contribution in [1.82, 2.24) is 4.98 Å². The lowest BCUT2D eigenvalue weighted by atomic mass is 10.00. The molecule has 2 aromatic rings. The maximum atomic E-state index is 12.1. The van der Waals surface area contributed by atoms with Crippen LogP contribution in [0.15, 0.2) is 54.7 Å². The molecular weight excluding hydrogens is 262 g/mol. The van der Waals surface area contributed by atoms with Gasteiger partial charge in [0.1, 0.15) is 0 Å².